The van der Waals surface area contributed by atoms with Crippen LogP contribution in [0, 0.1) is 5.92 Å². The van der Waals surface area contributed by atoms with Crippen LogP contribution in [0.3, 0.4) is 0 Å². The average molecular weight is 256 g/mol. The standard InChI is InChI=1S/C12H20N2O2S/c1-3-5-6-9(4-2)7-13-12-14-8-10(17-12)11(15)16/h8-9H,3-7H2,1-2H3,(H,13,14)(H,15,16). The lowest BCUT2D eigenvalue weighted by Gasteiger charge is -2.14. The third-order valence-corrected chi connectivity index (χ3v) is 3.74. The Hall–Kier alpha value is -1.10. The van der Waals surface area contributed by atoms with Crippen LogP contribution in [0.1, 0.15) is 49.2 Å². The molecule has 0 spiro atoms. The summed E-state index contributed by atoms with van der Waals surface area (Å²) < 4.78 is 0. The number of carboxylic acids is 1. The second kappa shape index (κ2) is 7.27. The Morgan fingerprint density at radius 1 is 1.59 bits per heavy atom. The molecule has 96 valence electrons. The SMILES string of the molecule is CCCCC(CC)CNc1ncc(C(=O)O)s1. The molecule has 0 aromatic carbocycles. The van der Waals surface area contributed by atoms with Crippen LogP contribution in [-0.4, -0.2) is 22.6 Å². The van der Waals surface area contributed by atoms with Crippen molar-refractivity contribution < 1.29 is 9.90 Å². The van der Waals surface area contributed by atoms with Crippen LogP contribution in [0.5, 0.6) is 0 Å². The average Bonchev–Trinajstić information content (AvgIpc) is 2.78. The van der Waals surface area contributed by atoms with Crippen LogP contribution < -0.4 is 5.32 Å². The van der Waals surface area contributed by atoms with E-state index in [4.69, 9.17) is 5.11 Å². The van der Waals surface area contributed by atoms with E-state index in [-0.39, 0.29) is 4.88 Å². The molecule has 0 fully saturated rings. The zero-order valence-corrected chi connectivity index (χ0v) is 11.2. The number of aromatic carboxylic acids is 1. The van der Waals surface area contributed by atoms with Crippen LogP contribution in [0.25, 0.3) is 0 Å². The number of nitrogens with one attached hydrogen (secondary N) is 1. The topological polar surface area (TPSA) is 62.2 Å². The molecule has 1 unspecified atom stereocenters. The Labute approximate surface area is 106 Å². The van der Waals surface area contributed by atoms with Crippen molar-refractivity contribution in [3.05, 3.63) is 11.1 Å². The number of thiazole rings is 1. The monoisotopic (exact) mass is 256 g/mol. The fourth-order valence-corrected chi connectivity index (χ4v) is 2.29. The quantitative estimate of drug-likeness (QED) is 0.747. The lowest BCUT2D eigenvalue weighted by Crippen LogP contribution is -2.13. The molecule has 17 heavy (non-hydrogen) atoms. The molecule has 0 aliphatic carbocycles. The summed E-state index contributed by atoms with van der Waals surface area (Å²) in [7, 11) is 0. The molecule has 1 atom stereocenters. The molecule has 0 amide bonds. The highest BCUT2D eigenvalue weighted by Gasteiger charge is 2.10. The van der Waals surface area contributed by atoms with Crippen molar-refractivity contribution in [1.82, 2.24) is 4.98 Å². The van der Waals surface area contributed by atoms with Gasteiger partial charge in [-0.3, -0.25) is 0 Å². The van der Waals surface area contributed by atoms with Gasteiger partial charge >= 0.3 is 5.97 Å². The predicted octanol–water partition coefficient (Wildman–Crippen LogP) is 3.47. The molecule has 0 aliphatic rings. The van der Waals surface area contributed by atoms with E-state index in [9.17, 15) is 4.79 Å². The van der Waals surface area contributed by atoms with Crippen molar-refractivity contribution in [2.75, 3.05) is 11.9 Å². The van der Waals surface area contributed by atoms with Crippen LogP contribution in [0.4, 0.5) is 5.13 Å². The molecule has 2 N–H and O–H groups in total. The van der Waals surface area contributed by atoms with Crippen molar-refractivity contribution in [3.8, 4) is 0 Å². The Bertz CT molecular complexity index is 352. The van der Waals surface area contributed by atoms with Crippen molar-refractivity contribution in [2.24, 2.45) is 5.92 Å². The van der Waals surface area contributed by atoms with E-state index >= 15 is 0 Å². The molecule has 4 nitrogen and oxygen atoms in total. The summed E-state index contributed by atoms with van der Waals surface area (Å²) in [5, 5.41) is 12.7. The van der Waals surface area contributed by atoms with Gasteiger partial charge in [0.15, 0.2) is 5.13 Å². The van der Waals surface area contributed by atoms with E-state index in [2.05, 4.69) is 24.1 Å². The highest BCUT2D eigenvalue weighted by Crippen LogP contribution is 2.19. The number of aromatic nitrogens is 1. The van der Waals surface area contributed by atoms with Gasteiger partial charge < -0.3 is 10.4 Å². The fourth-order valence-electron chi connectivity index (χ4n) is 1.63. The molecule has 1 aromatic heterocycles. The second-order valence-corrected chi connectivity index (χ2v) is 5.16. The van der Waals surface area contributed by atoms with Crippen LogP contribution in [0.2, 0.25) is 0 Å². The van der Waals surface area contributed by atoms with E-state index in [1.54, 1.807) is 0 Å². The molecule has 1 rings (SSSR count). The summed E-state index contributed by atoms with van der Waals surface area (Å²) in [4.78, 5) is 15.0. The number of hydrogen-bond acceptors (Lipinski definition) is 4. The maximum atomic E-state index is 10.7. The van der Waals surface area contributed by atoms with Gasteiger partial charge in [0, 0.05) is 6.54 Å². The fraction of sp³-hybridized carbons (Fsp3) is 0.667. The van der Waals surface area contributed by atoms with Crippen molar-refractivity contribution in [2.45, 2.75) is 39.5 Å². The van der Waals surface area contributed by atoms with Crippen molar-refractivity contribution in [3.63, 3.8) is 0 Å². The minimum absolute atomic E-state index is 0.286. The maximum absolute atomic E-state index is 10.7. The second-order valence-electron chi connectivity index (χ2n) is 4.13. The number of rotatable bonds is 8. The van der Waals surface area contributed by atoms with Gasteiger partial charge in [-0.05, 0) is 12.3 Å². The van der Waals surface area contributed by atoms with Crippen molar-refractivity contribution >= 4 is 22.4 Å². The van der Waals surface area contributed by atoms with Crippen molar-refractivity contribution in [1.29, 1.82) is 0 Å². The first-order valence-corrected chi connectivity index (χ1v) is 6.92. The summed E-state index contributed by atoms with van der Waals surface area (Å²) in [5.41, 5.74) is 0. The molecule has 0 saturated heterocycles. The van der Waals surface area contributed by atoms with E-state index < -0.39 is 5.97 Å². The predicted molar refractivity (Wildman–Crippen MR) is 70.9 cm³/mol. The van der Waals surface area contributed by atoms with Gasteiger partial charge in [0.2, 0.25) is 0 Å². The lowest BCUT2D eigenvalue weighted by atomic mass is 10.00. The number of carboxylic acid groups (broad SMARTS) is 1. The number of unbranched alkanes of at least 4 members (excludes halogenated alkanes) is 1. The molecule has 0 radical (unpaired) electrons. The Morgan fingerprint density at radius 2 is 2.35 bits per heavy atom. The highest BCUT2D eigenvalue weighted by molar-refractivity contribution is 7.17. The van der Waals surface area contributed by atoms with E-state index in [1.165, 1.54) is 36.8 Å². The minimum Gasteiger partial charge on any atom is -0.477 e. The largest absolute Gasteiger partial charge is 0.477 e. The first kappa shape index (κ1) is 14.0. The first-order valence-electron chi connectivity index (χ1n) is 6.10. The summed E-state index contributed by atoms with van der Waals surface area (Å²) in [5.74, 6) is -0.263. The zero-order valence-electron chi connectivity index (χ0n) is 10.4. The molecule has 0 aliphatic heterocycles. The number of carbonyl (C=O) groups is 1. The Kier molecular flexibility index (Phi) is 5.97. The third kappa shape index (κ3) is 4.73. The first-order chi connectivity index (χ1) is 8.17. The van der Waals surface area contributed by atoms with Gasteiger partial charge in [-0.15, -0.1) is 0 Å². The lowest BCUT2D eigenvalue weighted by molar-refractivity contribution is 0.0702. The van der Waals surface area contributed by atoms with Gasteiger partial charge in [0.25, 0.3) is 0 Å². The maximum Gasteiger partial charge on any atom is 0.347 e. The Morgan fingerprint density at radius 3 is 2.88 bits per heavy atom. The number of nitrogens with zero attached hydrogens (tertiary/aromatic N) is 1. The Balaban J connectivity index is 2.39. The van der Waals surface area contributed by atoms with E-state index in [1.807, 2.05) is 0 Å². The zero-order chi connectivity index (χ0) is 12.7. The molecular weight excluding hydrogens is 236 g/mol. The molecule has 0 saturated carbocycles. The molecule has 1 heterocycles. The van der Waals surface area contributed by atoms with E-state index in [0.29, 0.717) is 11.0 Å². The molecule has 0 bridgehead atoms. The summed E-state index contributed by atoms with van der Waals surface area (Å²) >= 11 is 1.20. The van der Waals surface area contributed by atoms with Gasteiger partial charge in [0.05, 0.1) is 6.20 Å². The minimum atomic E-state index is -0.909. The van der Waals surface area contributed by atoms with E-state index in [0.717, 1.165) is 13.0 Å². The summed E-state index contributed by atoms with van der Waals surface area (Å²) in [6.45, 7) is 5.26. The van der Waals surface area contributed by atoms with Gasteiger partial charge in [-0.1, -0.05) is 44.4 Å². The molecule has 1 aromatic rings. The van der Waals surface area contributed by atoms with Crippen LogP contribution >= 0.6 is 11.3 Å². The summed E-state index contributed by atoms with van der Waals surface area (Å²) in [6.07, 6.45) is 6.24. The molecule has 5 heteroatoms. The van der Waals surface area contributed by atoms with Crippen LogP contribution in [-0.2, 0) is 0 Å². The highest BCUT2D eigenvalue weighted by atomic mass is 32.1. The van der Waals surface area contributed by atoms with Gasteiger partial charge in [-0.2, -0.15) is 0 Å². The smallest absolute Gasteiger partial charge is 0.347 e. The van der Waals surface area contributed by atoms with Crippen LogP contribution in [0.15, 0.2) is 6.20 Å². The number of anilines is 1. The number of hydrogen-bond donors (Lipinski definition) is 2. The van der Waals surface area contributed by atoms with Gasteiger partial charge in [-0.25, -0.2) is 9.78 Å². The van der Waals surface area contributed by atoms with Gasteiger partial charge in [0.1, 0.15) is 4.88 Å². The summed E-state index contributed by atoms with van der Waals surface area (Å²) in [6, 6.07) is 0. The molecular formula is C12H20N2O2S. The normalized spacial score (nSPS) is 12.4. The third-order valence-electron chi connectivity index (χ3n) is 2.80.